The second-order valence-corrected chi connectivity index (χ2v) is 16.4. The predicted molar refractivity (Wildman–Crippen MR) is 229 cm³/mol. The minimum absolute atomic E-state index is 0.0236. The van der Waals surface area contributed by atoms with Crippen LogP contribution in [0.4, 0.5) is 0 Å². The SMILES string of the molecule is CCSC1OC(COCc2ccccc2)C(OC2OC3COC(c4ccccc4)OC3C(O)C2OC(=O)c2ccccc2)C(OC(=O)c2ccccc2)C1OC(=O)c1ccccc1. The lowest BCUT2D eigenvalue weighted by Crippen LogP contribution is -2.67. The Morgan fingerprint density at radius 1 is 0.619 bits per heavy atom. The molecular weight excluding hydrogens is 829 g/mol. The quantitative estimate of drug-likeness (QED) is 0.0853. The lowest BCUT2D eigenvalue weighted by Gasteiger charge is -2.50. The van der Waals surface area contributed by atoms with Gasteiger partial charge in [-0.15, -0.1) is 11.8 Å². The molecule has 11 unspecified atom stereocenters. The average Bonchev–Trinajstić information content (AvgIpc) is 3.33. The number of fused-ring (bicyclic) bond motifs is 1. The molecule has 328 valence electrons. The lowest BCUT2D eigenvalue weighted by molar-refractivity contribution is -0.376. The fourth-order valence-electron chi connectivity index (χ4n) is 7.64. The van der Waals surface area contributed by atoms with Crippen LogP contribution < -0.4 is 0 Å². The van der Waals surface area contributed by atoms with E-state index >= 15 is 0 Å². The highest BCUT2D eigenvalue weighted by Crippen LogP contribution is 2.40. The van der Waals surface area contributed by atoms with Crippen molar-refractivity contribution < 1.29 is 62.1 Å². The third-order valence-electron chi connectivity index (χ3n) is 10.7. The Labute approximate surface area is 369 Å². The van der Waals surface area contributed by atoms with Crippen LogP contribution in [0.2, 0.25) is 0 Å². The van der Waals surface area contributed by atoms with E-state index in [4.69, 9.17) is 42.6 Å². The van der Waals surface area contributed by atoms with Gasteiger partial charge in [0, 0.05) is 5.56 Å². The van der Waals surface area contributed by atoms with Gasteiger partial charge in [-0.25, -0.2) is 14.4 Å². The van der Waals surface area contributed by atoms with E-state index in [0.717, 1.165) is 11.1 Å². The molecule has 3 fully saturated rings. The molecule has 0 bridgehead atoms. The molecule has 5 aromatic rings. The molecule has 13 nitrogen and oxygen atoms in total. The largest absolute Gasteiger partial charge is 0.452 e. The summed E-state index contributed by atoms with van der Waals surface area (Å²) >= 11 is 1.35. The van der Waals surface area contributed by atoms with E-state index in [-0.39, 0.29) is 36.5 Å². The Hall–Kier alpha value is -5.42. The zero-order valence-corrected chi connectivity index (χ0v) is 35.2. The van der Waals surface area contributed by atoms with Crippen molar-refractivity contribution in [3.8, 4) is 0 Å². The molecule has 0 spiro atoms. The molecule has 14 heteroatoms. The Morgan fingerprint density at radius 2 is 1.13 bits per heavy atom. The van der Waals surface area contributed by atoms with Gasteiger partial charge in [-0.1, -0.05) is 122 Å². The number of esters is 3. The maximum Gasteiger partial charge on any atom is 0.338 e. The zero-order chi connectivity index (χ0) is 43.5. The molecule has 3 aliphatic heterocycles. The third kappa shape index (κ3) is 10.9. The Morgan fingerprint density at radius 3 is 1.68 bits per heavy atom. The lowest BCUT2D eigenvalue weighted by atomic mass is 9.96. The number of benzene rings is 5. The molecule has 0 aliphatic carbocycles. The first-order valence-corrected chi connectivity index (χ1v) is 21.9. The predicted octanol–water partition coefficient (Wildman–Crippen LogP) is 6.94. The summed E-state index contributed by atoms with van der Waals surface area (Å²) in [5.74, 6) is -1.63. The molecule has 5 aromatic carbocycles. The minimum Gasteiger partial charge on any atom is -0.452 e. The molecule has 0 saturated carbocycles. The number of hydrogen-bond acceptors (Lipinski definition) is 14. The third-order valence-corrected chi connectivity index (χ3v) is 11.8. The van der Waals surface area contributed by atoms with Gasteiger partial charge in [-0.2, -0.15) is 0 Å². The van der Waals surface area contributed by atoms with E-state index in [1.54, 1.807) is 91.0 Å². The van der Waals surface area contributed by atoms with Gasteiger partial charge in [-0.3, -0.25) is 0 Å². The summed E-state index contributed by atoms with van der Waals surface area (Å²) in [6.45, 7) is 2.02. The van der Waals surface area contributed by atoms with Crippen LogP contribution in [0.15, 0.2) is 152 Å². The molecule has 1 N–H and O–H groups in total. The van der Waals surface area contributed by atoms with Gasteiger partial charge in [0.05, 0.1) is 36.5 Å². The molecule has 3 saturated heterocycles. The van der Waals surface area contributed by atoms with E-state index in [9.17, 15) is 19.5 Å². The first-order valence-electron chi connectivity index (χ1n) is 20.8. The summed E-state index contributed by atoms with van der Waals surface area (Å²) in [5, 5.41) is 12.2. The van der Waals surface area contributed by atoms with Gasteiger partial charge >= 0.3 is 17.9 Å². The van der Waals surface area contributed by atoms with Crippen molar-refractivity contribution in [3.05, 3.63) is 179 Å². The number of aliphatic hydroxyl groups excluding tert-OH is 1. The van der Waals surface area contributed by atoms with Crippen LogP contribution in [0.1, 0.15) is 55.4 Å². The Bertz CT molecular complexity index is 2220. The highest BCUT2D eigenvalue weighted by atomic mass is 32.2. The van der Waals surface area contributed by atoms with Crippen LogP contribution in [0.3, 0.4) is 0 Å². The molecule has 3 aliphatic rings. The molecule has 11 atom stereocenters. The van der Waals surface area contributed by atoms with Crippen LogP contribution in [-0.2, 0) is 49.2 Å². The van der Waals surface area contributed by atoms with E-state index in [0.29, 0.717) is 5.75 Å². The molecule has 63 heavy (non-hydrogen) atoms. The number of carbonyl (C=O) groups excluding carboxylic acids is 3. The second kappa shape index (κ2) is 21.3. The normalized spacial score (nSPS) is 27.9. The van der Waals surface area contributed by atoms with E-state index in [2.05, 4.69) is 0 Å². The van der Waals surface area contributed by atoms with E-state index in [1.807, 2.05) is 67.6 Å². The number of rotatable bonds is 15. The van der Waals surface area contributed by atoms with Crippen molar-refractivity contribution in [2.24, 2.45) is 0 Å². The number of aliphatic hydroxyl groups is 1. The van der Waals surface area contributed by atoms with E-state index in [1.165, 1.54) is 11.8 Å². The van der Waals surface area contributed by atoms with Crippen molar-refractivity contribution >= 4 is 29.7 Å². The van der Waals surface area contributed by atoms with Gasteiger partial charge in [0.2, 0.25) is 0 Å². The highest BCUT2D eigenvalue weighted by Gasteiger charge is 2.57. The average molecular weight is 877 g/mol. The summed E-state index contributed by atoms with van der Waals surface area (Å²) in [6, 6.07) is 43.9. The fraction of sp³-hybridized carbons (Fsp3) is 0.327. The summed E-state index contributed by atoms with van der Waals surface area (Å²) < 4.78 is 57.5. The molecular formula is C49H48O13S. The molecule has 0 amide bonds. The van der Waals surface area contributed by atoms with Crippen LogP contribution in [0.25, 0.3) is 0 Å². The van der Waals surface area contributed by atoms with Crippen LogP contribution in [0.5, 0.6) is 0 Å². The number of hydrogen-bond donors (Lipinski definition) is 1. The van der Waals surface area contributed by atoms with Gasteiger partial charge in [-0.05, 0) is 47.7 Å². The number of ether oxygens (including phenoxy) is 9. The minimum atomic E-state index is -1.53. The summed E-state index contributed by atoms with van der Waals surface area (Å²) in [6.07, 6.45) is -12.2. The highest BCUT2D eigenvalue weighted by molar-refractivity contribution is 7.99. The Kier molecular flexibility index (Phi) is 14.9. The topological polar surface area (TPSA) is 155 Å². The maximum atomic E-state index is 14.1. The zero-order valence-electron chi connectivity index (χ0n) is 34.4. The van der Waals surface area contributed by atoms with Crippen LogP contribution in [0, 0.1) is 0 Å². The van der Waals surface area contributed by atoms with Gasteiger partial charge in [0.1, 0.15) is 36.0 Å². The summed E-state index contributed by atoms with van der Waals surface area (Å²) in [4.78, 5) is 41.8. The number of thioether (sulfide) groups is 1. The summed E-state index contributed by atoms with van der Waals surface area (Å²) in [5.41, 5.74) is 1.46. The second-order valence-electron chi connectivity index (χ2n) is 15.0. The molecule has 8 rings (SSSR count). The van der Waals surface area contributed by atoms with Crippen molar-refractivity contribution in [3.63, 3.8) is 0 Å². The maximum absolute atomic E-state index is 14.1. The fourth-order valence-corrected chi connectivity index (χ4v) is 8.59. The first-order chi connectivity index (χ1) is 30.9. The molecule has 0 radical (unpaired) electrons. The summed E-state index contributed by atoms with van der Waals surface area (Å²) in [7, 11) is 0. The standard InChI is InChI=1S/C49H48O13S/c1-2-63-49-43(60-46(53)34-24-14-6-15-25-34)42(59-45(52)33-22-12-5-13-23-33)40(36(57-49)29-54-28-31-18-8-3-9-19-31)62-48-41(58-44(51)32-20-10-4-11-21-32)38(50)39-37(56-48)30-55-47(61-39)35-26-16-7-17-27-35/h3-27,36-43,47-50H,2,28-30H2,1H3. The molecule has 0 aromatic heterocycles. The van der Waals surface area contributed by atoms with Crippen molar-refractivity contribution in [1.82, 2.24) is 0 Å². The monoisotopic (exact) mass is 876 g/mol. The van der Waals surface area contributed by atoms with Crippen molar-refractivity contribution in [2.75, 3.05) is 19.0 Å². The molecule has 3 heterocycles. The smallest absolute Gasteiger partial charge is 0.338 e. The van der Waals surface area contributed by atoms with E-state index < -0.39 is 84.8 Å². The van der Waals surface area contributed by atoms with Gasteiger partial charge in [0.15, 0.2) is 30.9 Å². The first kappa shape index (κ1) is 44.2. The van der Waals surface area contributed by atoms with Gasteiger partial charge < -0.3 is 47.7 Å². The van der Waals surface area contributed by atoms with Crippen molar-refractivity contribution in [1.29, 1.82) is 0 Å². The van der Waals surface area contributed by atoms with Crippen LogP contribution >= 0.6 is 11.8 Å². The Balaban J connectivity index is 1.16. The van der Waals surface area contributed by atoms with Crippen LogP contribution in [-0.4, -0.2) is 103 Å². The number of carbonyl (C=O) groups is 3. The van der Waals surface area contributed by atoms with Crippen molar-refractivity contribution in [2.45, 2.75) is 80.4 Å². The van der Waals surface area contributed by atoms with Gasteiger partial charge in [0.25, 0.3) is 0 Å².